The van der Waals surface area contributed by atoms with Gasteiger partial charge < -0.3 is 41.9 Å². The van der Waals surface area contributed by atoms with Gasteiger partial charge in [-0.15, -0.1) is 0 Å². The Morgan fingerprint density at radius 2 is 1.27 bits per heavy atom. The zero-order valence-corrected chi connectivity index (χ0v) is 44.2. The van der Waals surface area contributed by atoms with E-state index in [0.717, 1.165) is 11.6 Å². The summed E-state index contributed by atoms with van der Waals surface area (Å²) in [6.07, 6.45) is 52.3. The fourth-order valence-electron chi connectivity index (χ4n) is 5.82. The highest BCUT2D eigenvalue weighted by Gasteiger charge is 2.09. The summed E-state index contributed by atoms with van der Waals surface area (Å²) in [7, 11) is 11.3. The maximum absolute atomic E-state index is 11.0. The van der Waals surface area contributed by atoms with Crippen LogP contribution in [0.3, 0.4) is 0 Å². The van der Waals surface area contributed by atoms with Crippen molar-refractivity contribution in [3.8, 4) is 0 Å². The summed E-state index contributed by atoms with van der Waals surface area (Å²) in [6.45, 7) is 2.64. The number of aliphatic imine (C=N–C) groups is 1. The smallest absolute Gasteiger partial charge is 0.275 e. The average Bonchev–Trinajstić information content (AvgIpc) is 4.26. The van der Waals surface area contributed by atoms with E-state index in [-0.39, 0.29) is 20.8 Å². The van der Waals surface area contributed by atoms with Gasteiger partial charge in [-0.25, -0.2) is 9.97 Å². The van der Waals surface area contributed by atoms with Gasteiger partial charge in [0, 0.05) is 104 Å². The van der Waals surface area contributed by atoms with E-state index >= 15 is 0 Å². The van der Waals surface area contributed by atoms with Crippen molar-refractivity contribution < 1.29 is 22.8 Å². The lowest BCUT2D eigenvalue weighted by Crippen LogP contribution is -2.24. The summed E-state index contributed by atoms with van der Waals surface area (Å²) in [4.78, 5) is 28.5. The van der Waals surface area contributed by atoms with Gasteiger partial charge in [0.15, 0.2) is 18.4 Å². The van der Waals surface area contributed by atoms with E-state index in [9.17, 15) is 4.79 Å². The lowest BCUT2D eigenvalue weighted by atomic mass is 10.0. The van der Waals surface area contributed by atoms with E-state index in [0.29, 0.717) is 5.69 Å². The van der Waals surface area contributed by atoms with Crippen molar-refractivity contribution >= 4 is 23.7 Å². The van der Waals surface area contributed by atoms with Crippen molar-refractivity contribution in [3.05, 3.63) is 171 Å². The number of piperidine rings is 1. The molecule has 410 valence electrons. The number of aromatic nitrogens is 10. The molecule has 18 nitrogen and oxygen atoms in total. The van der Waals surface area contributed by atoms with E-state index in [2.05, 4.69) is 70.4 Å². The van der Waals surface area contributed by atoms with Crippen LogP contribution >= 0.6 is 11.6 Å². The summed E-state index contributed by atoms with van der Waals surface area (Å²) in [5.74, 6) is -0.145. The molecule has 0 aromatic carbocycles. The first-order valence-electron chi connectivity index (χ1n) is 24.4. The van der Waals surface area contributed by atoms with Crippen molar-refractivity contribution in [2.45, 2.75) is 111 Å². The molecular weight excluding hydrogens is 958 g/mol. The largest absolute Gasteiger partial charge is 0.452 e. The molecule has 0 unspecified atom stereocenters. The third-order valence-electron chi connectivity index (χ3n) is 9.67. The first-order chi connectivity index (χ1) is 35.2. The SMILES string of the molecule is C.C.C1=CN=CC1.C1CCCC1.C1CCCCC1.CN(C)C(=O)c1ccon1.CN1CCCCC1.Cn1cccc1.Cn1cccc1Cl.Cn1cccn1.c1cc[nH]c1.c1cnoc1.c1cocn1.c1ncon1. The highest BCUT2D eigenvalue weighted by Crippen LogP contribution is 2.16. The molecule has 0 atom stereocenters. The number of nitrogens with zero attached hydrogens (tertiary/aromatic N) is 12. The average molecular weight is 1050 g/mol. The normalized spacial score (nSPS) is 12.9. The third kappa shape index (κ3) is 46.0. The Bertz CT molecular complexity index is 1940. The third-order valence-corrected chi connectivity index (χ3v) is 10.1. The van der Waals surface area contributed by atoms with E-state index < -0.39 is 0 Å². The maximum Gasteiger partial charge on any atom is 0.275 e. The number of rotatable bonds is 1. The number of allylic oxidation sites excluding steroid dienone is 1. The minimum absolute atomic E-state index is 0. The maximum atomic E-state index is 11.0. The van der Waals surface area contributed by atoms with Crippen molar-refractivity contribution in [1.82, 2.24) is 59.1 Å². The molecule has 2 aliphatic carbocycles. The molecule has 1 saturated heterocycles. The fourth-order valence-corrected chi connectivity index (χ4v) is 5.95. The molecule has 0 spiro atoms. The molecule has 19 heteroatoms. The zero-order valence-electron chi connectivity index (χ0n) is 43.4. The van der Waals surface area contributed by atoms with Gasteiger partial charge in [-0.1, -0.05) is 125 Å². The first kappa shape index (κ1) is 69.0. The summed E-state index contributed by atoms with van der Waals surface area (Å²) >= 11 is 5.59. The summed E-state index contributed by atoms with van der Waals surface area (Å²) in [6, 6.07) is 16.8. The van der Waals surface area contributed by atoms with Crippen LogP contribution in [0.25, 0.3) is 0 Å². The van der Waals surface area contributed by atoms with Gasteiger partial charge in [0.05, 0.1) is 12.4 Å². The van der Waals surface area contributed by atoms with Crippen molar-refractivity contribution in [3.63, 3.8) is 0 Å². The topological polar surface area (TPSA) is 196 Å². The second kappa shape index (κ2) is 52.3. The molecule has 3 fully saturated rings. The fraction of sp³-hybridized carbons (Fsp3) is 0.455. The molecule has 12 rings (SSSR count). The van der Waals surface area contributed by atoms with Crippen molar-refractivity contribution in [2.75, 3.05) is 34.2 Å². The monoisotopic (exact) mass is 1050 g/mol. The number of aromatic amines is 1. The number of hydrogen-bond donors (Lipinski definition) is 1. The van der Waals surface area contributed by atoms with Gasteiger partial charge >= 0.3 is 0 Å². The van der Waals surface area contributed by atoms with Gasteiger partial charge in [-0.2, -0.15) is 5.10 Å². The Labute approximate surface area is 446 Å². The Balaban J connectivity index is 0. The van der Waals surface area contributed by atoms with E-state index in [1.54, 1.807) is 49.6 Å². The van der Waals surface area contributed by atoms with Crippen LogP contribution in [0.2, 0.25) is 5.15 Å². The molecule has 1 amide bonds. The van der Waals surface area contributed by atoms with Crippen LogP contribution < -0.4 is 0 Å². The molecule has 2 saturated carbocycles. The zero-order chi connectivity index (χ0) is 52.2. The molecule has 2 aliphatic heterocycles. The number of H-pyrrole nitrogens is 1. The number of halogens is 1. The van der Waals surface area contributed by atoms with Crippen LogP contribution in [0.5, 0.6) is 0 Å². The lowest BCUT2D eigenvalue weighted by molar-refractivity contribution is 0.0817. The number of aryl methyl sites for hydroxylation is 3. The first-order valence-corrected chi connectivity index (χ1v) is 24.8. The van der Waals surface area contributed by atoms with Crippen molar-refractivity contribution in [2.24, 2.45) is 26.1 Å². The highest BCUT2D eigenvalue weighted by atomic mass is 35.5. The summed E-state index contributed by atoms with van der Waals surface area (Å²) < 4.78 is 23.1. The second-order valence-electron chi connectivity index (χ2n) is 16.1. The molecule has 4 aliphatic rings. The van der Waals surface area contributed by atoms with Crippen LogP contribution in [0.4, 0.5) is 0 Å². The lowest BCUT2D eigenvalue weighted by Gasteiger charge is -2.20. The van der Waals surface area contributed by atoms with Crippen LogP contribution in [-0.2, 0) is 21.1 Å². The van der Waals surface area contributed by atoms with Crippen LogP contribution in [0, 0.1) is 0 Å². The minimum atomic E-state index is -0.145. The Hall–Kier alpha value is -7.05. The molecule has 0 radical (unpaired) electrons. The van der Waals surface area contributed by atoms with E-state index in [1.165, 1.54) is 152 Å². The minimum Gasteiger partial charge on any atom is -0.452 e. The number of amides is 1. The number of hydrogen-bond acceptors (Lipinski definition) is 13. The Morgan fingerprint density at radius 1 is 0.635 bits per heavy atom. The standard InChI is InChI=1S/C6H8N2O2.C6H13N.C6H12.C5H6ClN.C5H7N.C5H10.C4H6N2.2C4H5N.2C3H3NO.C2H2N2O.2CH4/c1-8(2)6(9)5-3-4-10-7-5;1-7-5-3-2-4-6-7;1-2-4-6-5-3-1;1-7-4-2-3-5(7)6;1-6-4-2-3-5-6;1-2-4-5-3-1;1-6-4-2-3-5-6;2*1-2-4-5-3-1;1-2-5-3-4-1;1-2-4-5-3-1;1-3-2-5-4-1;;/h3-4H,1-2H3;2-6H2,1H3;1-6H2;2-4H,1H3;2-5H,1H3;1-5H2;2-4H,1H3;1,3-4H,2H2;1-5H;2*1-3H;1-2H;2*1H4. The van der Waals surface area contributed by atoms with Crippen molar-refractivity contribution in [1.29, 1.82) is 0 Å². The molecule has 74 heavy (non-hydrogen) atoms. The molecule has 0 bridgehead atoms. The second-order valence-corrected chi connectivity index (χ2v) is 16.5. The predicted octanol–water partition coefficient (Wildman–Crippen LogP) is 13.6. The highest BCUT2D eigenvalue weighted by molar-refractivity contribution is 6.29. The quantitative estimate of drug-likeness (QED) is 0.164. The summed E-state index contributed by atoms with van der Waals surface area (Å²) in [5.41, 5.74) is 0.338. The van der Waals surface area contributed by atoms with E-state index in [4.69, 9.17) is 11.6 Å². The summed E-state index contributed by atoms with van der Waals surface area (Å²) in [5, 5.41) is 14.7. The molecule has 10 heterocycles. The van der Waals surface area contributed by atoms with Gasteiger partial charge in [0.2, 0.25) is 6.39 Å². The predicted molar refractivity (Wildman–Crippen MR) is 300 cm³/mol. The van der Waals surface area contributed by atoms with Gasteiger partial charge in [0.1, 0.15) is 23.9 Å². The van der Waals surface area contributed by atoms with Crippen LogP contribution in [0.1, 0.15) is 122 Å². The number of oxazole rings is 1. The molecule has 8 aromatic rings. The van der Waals surface area contributed by atoms with Gasteiger partial charge in [-0.05, 0) is 81.5 Å². The van der Waals surface area contributed by atoms with Crippen LogP contribution in [-0.4, -0.2) is 105 Å². The molecule has 1 N–H and O–H groups in total. The Kier molecular flexibility index (Phi) is 48.8. The Morgan fingerprint density at radius 3 is 1.47 bits per heavy atom. The molecular formula is C55H88ClN13O5. The number of likely N-dealkylation sites (tertiary alicyclic amines) is 1. The van der Waals surface area contributed by atoms with Crippen LogP contribution in [0.15, 0.2) is 184 Å². The van der Waals surface area contributed by atoms with Gasteiger partial charge in [-0.3, -0.25) is 14.5 Å². The number of carbonyl (C=O) groups is 1. The van der Waals surface area contributed by atoms with Gasteiger partial charge in [0.25, 0.3) is 5.91 Å². The molecule has 8 aromatic heterocycles. The number of carbonyl (C=O) groups excluding carboxylic acids is 1. The van der Waals surface area contributed by atoms with E-state index in [1.807, 2.05) is 122 Å². The number of nitrogens with one attached hydrogen (secondary N) is 1.